The van der Waals surface area contributed by atoms with Crippen molar-refractivity contribution < 1.29 is 0 Å². The molecule has 2 unspecified atom stereocenters. The van der Waals surface area contributed by atoms with E-state index in [2.05, 4.69) is 50.5 Å². The zero-order valence-electron chi connectivity index (χ0n) is 8.26. The quantitative estimate of drug-likeness (QED) is 0.678. The van der Waals surface area contributed by atoms with Crippen LogP contribution in [0.15, 0.2) is 12.7 Å². The van der Waals surface area contributed by atoms with Crippen molar-refractivity contribution >= 4 is 11.8 Å². The average Bonchev–Trinajstić information content (AvgIpc) is 2.52. The van der Waals surface area contributed by atoms with E-state index in [0.29, 0.717) is 5.37 Å². The second-order valence-electron chi connectivity index (χ2n) is 3.98. The predicted molar refractivity (Wildman–Crippen MR) is 57.4 cm³/mol. The van der Waals surface area contributed by atoms with Crippen molar-refractivity contribution in [3.63, 3.8) is 0 Å². The summed E-state index contributed by atoms with van der Waals surface area (Å²) in [4.78, 5) is 0. The van der Waals surface area contributed by atoms with E-state index in [-0.39, 0.29) is 5.41 Å². The van der Waals surface area contributed by atoms with Gasteiger partial charge in [-0.05, 0) is 6.42 Å². The van der Waals surface area contributed by atoms with Crippen LogP contribution in [0.5, 0.6) is 0 Å². The van der Waals surface area contributed by atoms with Gasteiger partial charge in [-0.3, -0.25) is 0 Å². The lowest BCUT2D eigenvalue weighted by Crippen LogP contribution is -2.33. The zero-order chi connectivity index (χ0) is 9.19. The highest BCUT2D eigenvalue weighted by Gasteiger charge is 2.33. The molecule has 2 atom stereocenters. The first-order valence-corrected chi connectivity index (χ1v) is 5.57. The van der Waals surface area contributed by atoms with Crippen molar-refractivity contribution in [1.29, 1.82) is 0 Å². The SMILES string of the molecule is C=CC(C)(C)C1NCC(CC)S1. The van der Waals surface area contributed by atoms with Gasteiger partial charge in [-0.15, -0.1) is 18.3 Å². The van der Waals surface area contributed by atoms with Crippen LogP contribution in [0.25, 0.3) is 0 Å². The standard InChI is InChI=1S/C10H19NS/c1-5-8-7-11-9(12-8)10(3,4)6-2/h6,8-9,11H,2,5,7H2,1,3-4H3. The first kappa shape index (κ1) is 10.1. The highest BCUT2D eigenvalue weighted by molar-refractivity contribution is 8.00. The minimum Gasteiger partial charge on any atom is -0.304 e. The Morgan fingerprint density at radius 2 is 2.33 bits per heavy atom. The third-order valence-corrected chi connectivity index (χ3v) is 4.45. The van der Waals surface area contributed by atoms with Crippen LogP contribution >= 0.6 is 11.8 Å². The third kappa shape index (κ3) is 2.05. The zero-order valence-corrected chi connectivity index (χ0v) is 9.08. The van der Waals surface area contributed by atoms with E-state index in [1.165, 1.54) is 6.42 Å². The molecule has 1 saturated heterocycles. The van der Waals surface area contributed by atoms with Gasteiger partial charge in [0.2, 0.25) is 0 Å². The molecule has 1 aliphatic heterocycles. The van der Waals surface area contributed by atoms with Crippen LogP contribution in [-0.4, -0.2) is 17.2 Å². The largest absolute Gasteiger partial charge is 0.304 e. The van der Waals surface area contributed by atoms with Crippen LogP contribution < -0.4 is 5.32 Å². The van der Waals surface area contributed by atoms with Gasteiger partial charge in [0.15, 0.2) is 0 Å². The topological polar surface area (TPSA) is 12.0 Å². The van der Waals surface area contributed by atoms with Gasteiger partial charge < -0.3 is 5.32 Å². The lowest BCUT2D eigenvalue weighted by Gasteiger charge is -2.27. The molecule has 1 rings (SSSR count). The van der Waals surface area contributed by atoms with Crippen molar-refractivity contribution in [3.05, 3.63) is 12.7 Å². The minimum atomic E-state index is 0.217. The van der Waals surface area contributed by atoms with Crippen molar-refractivity contribution in [2.45, 2.75) is 37.8 Å². The van der Waals surface area contributed by atoms with E-state index in [9.17, 15) is 0 Å². The number of rotatable bonds is 3. The lowest BCUT2D eigenvalue weighted by atomic mass is 9.93. The molecule has 1 N–H and O–H groups in total. The first-order valence-electron chi connectivity index (χ1n) is 4.62. The highest BCUT2D eigenvalue weighted by Crippen LogP contribution is 2.37. The predicted octanol–water partition coefficient (Wildman–Crippen LogP) is 2.64. The molecule has 0 radical (unpaired) electrons. The third-order valence-electron chi connectivity index (χ3n) is 2.52. The van der Waals surface area contributed by atoms with Crippen LogP contribution in [0.3, 0.4) is 0 Å². The molecule has 2 heteroatoms. The average molecular weight is 185 g/mol. The van der Waals surface area contributed by atoms with Gasteiger partial charge in [0.25, 0.3) is 0 Å². The van der Waals surface area contributed by atoms with Gasteiger partial charge in [-0.2, -0.15) is 0 Å². The van der Waals surface area contributed by atoms with E-state index >= 15 is 0 Å². The molecule has 1 aliphatic rings. The molecule has 12 heavy (non-hydrogen) atoms. The fourth-order valence-electron chi connectivity index (χ4n) is 1.31. The summed E-state index contributed by atoms with van der Waals surface area (Å²) in [6.45, 7) is 11.8. The van der Waals surface area contributed by atoms with Gasteiger partial charge in [0.1, 0.15) is 0 Å². The van der Waals surface area contributed by atoms with Gasteiger partial charge >= 0.3 is 0 Å². The van der Waals surface area contributed by atoms with E-state index in [1.807, 2.05) is 0 Å². The molecule has 0 aromatic rings. The summed E-state index contributed by atoms with van der Waals surface area (Å²) >= 11 is 2.06. The fraction of sp³-hybridized carbons (Fsp3) is 0.800. The number of thioether (sulfide) groups is 1. The van der Waals surface area contributed by atoms with Crippen molar-refractivity contribution in [1.82, 2.24) is 5.32 Å². The summed E-state index contributed by atoms with van der Waals surface area (Å²) in [7, 11) is 0. The normalized spacial score (nSPS) is 30.6. The van der Waals surface area contributed by atoms with Gasteiger partial charge in [0, 0.05) is 17.2 Å². The Hall–Kier alpha value is 0.0500. The van der Waals surface area contributed by atoms with Crippen LogP contribution in [0, 0.1) is 5.41 Å². The Balaban J connectivity index is 2.51. The Kier molecular flexibility index (Phi) is 3.24. The minimum absolute atomic E-state index is 0.217. The summed E-state index contributed by atoms with van der Waals surface area (Å²) < 4.78 is 0. The maximum Gasteiger partial charge on any atom is 0.0622 e. The molecule has 0 aromatic heterocycles. The molecule has 1 nitrogen and oxygen atoms in total. The van der Waals surface area contributed by atoms with Crippen LogP contribution in [0.1, 0.15) is 27.2 Å². The lowest BCUT2D eigenvalue weighted by molar-refractivity contribution is 0.417. The molecule has 1 fully saturated rings. The summed E-state index contributed by atoms with van der Waals surface area (Å²) in [6.07, 6.45) is 3.32. The van der Waals surface area contributed by atoms with Crippen molar-refractivity contribution in [3.8, 4) is 0 Å². The summed E-state index contributed by atoms with van der Waals surface area (Å²) in [5, 5.41) is 4.90. The molecule has 70 valence electrons. The Morgan fingerprint density at radius 3 is 2.75 bits per heavy atom. The summed E-state index contributed by atoms with van der Waals surface area (Å²) in [5.41, 5.74) is 0.217. The summed E-state index contributed by atoms with van der Waals surface area (Å²) in [5.74, 6) is 0. The molecular weight excluding hydrogens is 166 g/mol. The molecule has 0 amide bonds. The fourth-order valence-corrected chi connectivity index (χ4v) is 2.72. The van der Waals surface area contributed by atoms with E-state index in [4.69, 9.17) is 0 Å². The van der Waals surface area contributed by atoms with Crippen molar-refractivity contribution in [2.75, 3.05) is 6.54 Å². The maximum atomic E-state index is 3.87. The molecule has 0 spiro atoms. The van der Waals surface area contributed by atoms with Crippen LogP contribution in [-0.2, 0) is 0 Å². The second kappa shape index (κ2) is 3.84. The molecular formula is C10H19NS. The molecule has 0 saturated carbocycles. The molecule has 1 heterocycles. The Morgan fingerprint density at radius 1 is 1.67 bits per heavy atom. The van der Waals surface area contributed by atoms with E-state index < -0.39 is 0 Å². The highest BCUT2D eigenvalue weighted by atomic mass is 32.2. The second-order valence-corrected chi connectivity index (χ2v) is 5.39. The molecule has 0 aliphatic carbocycles. The first-order chi connectivity index (χ1) is 5.60. The van der Waals surface area contributed by atoms with Crippen LogP contribution in [0.4, 0.5) is 0 Å². The summed E-state index contributed by atoms with van der Waals surface area (Å²) in [6, 6.07) is 0. The Bertz CT molecular complexity index is 165. The van der Waals surface area contributed by atoms with E-state index in [0.717, 1.165) is 11.8 Å². The molecule has 0 aromatic carbocycles. The van der Waals surface area contributed by atoms with Gasteiger partial charge in [0.05, 0.1) is 5.37 Å². The number of hydrogen-bond donors (Lipinski definition) is 1. The van der Waals surface area contributed by atoms with Crippen molar-refractivity contribution in [2.24, 2.45) is 5.41 Å². The maximum absolute atomic E-state index is 3.87. The van der Waals surface area contributed by atoms with Gasteiger partial charge in [-0.25, -0.2) is 0 Å². The molecule has 0 bridgehead atoms. The number of nitrogens with one attached hydrogen (secondary N) is 1. The monoisotopic (exact) mass is 185 g/mol. The number of hydrogen-bond acceptors (Lipinski definition) is 2. The smallest absolute Gasteiger partial charge is 0.0622 e. The van der Waals surface area contributed by atoms with E-state index in [1.54, 1.807) is 0 Å². The van der Waals surface area contributed by atoms with Crippen LogP contribution in [0.2, 0.25) is 0 Å². The van der Waals surface area contributed by atoms with Gasteiger partial charge in [-0.1, -0.05) is 26.8 Å². The Labute approximate surface area is 80.0 Å².